The molecule has 3 aromatic rings. The third-order valence-corrected chi connectivity index (χ3v) is 4.10. The molecule has 1 amide bonds. The predicted molar refractivity (Wildman–Crippen MR) is 95.7 cm³/mol. The Balaban J connectivity index is 1.83. The molecule has 0 fully saturated rings. The topological polar surface area (TPSA) is 64.1 Å². The van der Waals surface area contributed by atoms with E-state index in [1.807, 2.05) is 24.3 Å². The molecular weight excluding hydrogens is 394 g/mol. The fourth-order valence-corrected chi connectivity index (χ4v) is 2.58. The lowest BCUT2D eigenvalue weighted by Gasteiger charge is -2.10. The first-order chi connectivity index (χ1) is 11.6. The SMILES string of the molecule is O=C(Nc1ncnc(Oc2ccccc2)c1Cl)c1ccccc1Br. The van der Waals surface area contributed by atoms with Crippen LogP contribution >= 0.6 is 27.5 Å². The number of nitrogens with one attached hydrogen (secondary N) is 1. The van der Waals surface area contributed by atoms with Crippen LogP contribution in [0, 0.1) is 0 Å². The number of carbonyl (C=O) groups is 1. The number of hydrogen-bond donors (Lipinski definition) is 1. The zero-order chi connectivity index (χ0) is 16.9. The van der Waals surface area contributed by atoms with E-state index in [-0.39, 0.29) is 22.6 Å². The second kappa shape index (κ2) is 7.42. The summed E-state index contributed by atoms with van der Waals surface area (Å²) in [5, 5.41) is 2.79. The van der Waals surface area contributed by atoms with Crippen LogP contribution in [0.15, 0.2) is 65.4 Å². The summed E-state index contributed by atoms with van der Waals surface area (Å²) in [6, 6.07) is 16.2. The van der Waals surface area contributed by atoms with Gasteiger partial charge in [0.25, 0.3) is 5.91 Å². The van der Waals surface area contributed by atoms with Gasteiger partial charge in [-0.05, 0) is 40.2 Å². The summed E-state index contributed by atoms with van der Waals surface area (Å²) in [7, 11) is 0. The van der Waals surface area contributed by atoms with Crippen molar-refractivity contribution < 1.29 is 9.53 Å². The maximum atomic E-state index is 12.4. The number of halogens is 2. The van der Waals surface area contributed by atoms with E-state index in [0.717, 1.165) is 0 Å². The van der Waals surface area contributed by atoms with Crippen LogP contribution in [0.1, 0.15) is 10.4 Å². The average molecular weight is 405 g/mol. The molecule has 7 heteroatoms. The van der Waals surface area contributed by atoms with Crippen molar-refractivity contribution in [2.45, 2.75) is 0 Å². The van der Waals surface area contributed by atoms with Gasteiger partial charge in [0.05, 0.1) is 5.56 Å². The fourth-order valence-electron chi connectivity index (χ4n) is 1.93. The summed E-state index contributed by atoms with van der Waals surface area (Å²) in [5.74, 6) is 0.591. The van der Waals surface area contributed by atoms with Crippen molar-refractivity contribution >= 4 is 39.3 Å². The van der Waals surface area contributed by atoms with Crippen LogP contribution in [-0.2, 0) is 0 Å². The average Bonchev–Trinajstić information content (AvgIpc) is 2.60. The lowest BCUT2D eigenvalue weighted by atomic mass is 10.2. The first kappa shape index (κ1) is 16.4. The molecule has 5 nitrogen and oxygen atoms in total. The van der Waals surface area contributed by atoms with Gasteiger partial charge in [0.2, 0.25) is 5.88 Å². The molecular formula is C17H11BrClN3O2. The van der Waals surface area contributed by atoms with Crippen molar-refractivity contribution in [2.24, 2.45) is 0 Å². The largest absolute Gasteiger partial charge is 0.437 e. The van der Waals surface area contributed by atoms with Gasteiger partial charge in [-0.15, -0.1) is 0 Å². The van der Waals surface area contributed by atoms with E-state index >= 15 is 0 Å². The number of hydrogen-bond acceptors (Lipinski definition) is 4. The predicted octanol–water partition coefficient (Wildman–Crippen LogP) is 4.94. The van der Waals surface area contributed by atoms with Crippen LogP contribution in [0.2, 0.25) is 5.02 Å². The number of ether oxygens (including phenoxy) is 1. The molecule has 0 aliphatic carbocycles. The Kier molecular flexibility index (Phi) is 5.08. The molecule has 120 valence electrons. The Labute approximate surface area is 151 Å². The zero-order valence-electron chi connectivity index (χ0n) is 12.2. The Morgan fingerprint density at radius 2 is 1.75 bits per heavy atom. The van der Waals surface area contributed by atoms with E-state index in [1.54, 1.807) is 30.3 Å². The minimum Gasteiger partial charge on any atom is -0.437 e. The number of rotatable bonds is 4. The van der Waals surface area contributed by atoms with Crippen LogP contribution in [0.4, 0.5) is 5.82 Å². The fraction of sp³-hybridized carbons (Fsp3) is 0. The molecule has 3 rings (SSSR count). The summed E-state index contributed by atoms with van der Waals surface area (Å²) >= 11 is 9.59. The molecule has 2 aromatic carbocycles. The second-order valence-electron chi connectivity index (χ2n) is 4.69. The van der Waals surface area contributed by atoms with E-state index in [0.29, 0.717) is 15.8 Å². The molecule has 1 aromatic heterocycles. The smallest absolute Gasteiger partial charge is 0.258 e. The summed E-state index contributed by atoms with van der Waals surface area (Å²) < 4.78 is 6.29. The number of para-hydroxylation sites is 1. The number of nitrogens with zero attached hydrogens (tertiary/aromatic N) is 2. The lowest BCUT2D eigenvalue weighted by molar-refractivity contribution is 0.102. The van der Waals surface area contributed by atoms with Crippen molar-refractivity contribution in [1.82, 2.24) is 9.97 Å². The molecule has 0 aliphatic heterocycles. The van der Waals surface area contributed by atoms with E-state index in [4.69, 9.17) is 16.3 Å². The first-order valence-electron chi connectivity index (χ1n) is 6.94. The van der Waals surface area contributed by atoms with Gasteiger partial charge in [0.1, 0.15) is 17.1 Å². The zero-order valence-corrected chi connectivity index (χ0v) is 14.6. The van der Waals surface area contributed by atoms with Crippen LogP contribution in [0.3, 0.4) is 0 Å². The van der Waals surface area contributed by atoms with Gasteiger partial charge in [-0.3, -0.25) is 4.79 Å². The number of benzene rings is 2. The summed E-state index contributed by atoms with van der Waals surface area (Å²) in [5.41, 5.74) is 0.470. The Bertz CT molecular complexity index is 875. The third kappa shape index (κ3) is 3.72. The normalized spacial score (nSPS) is 10.2. The minimum atomic E-state index is -0.339. The minimum absolute atomic E-state index is 0.127. The van der Waals surface area contributed by atoms with Crippen molar-refractivity contribution in [3.8, 4) is 11.6 Å². The summed E-state index contributed by atoms with van der Waals surface area (Å²) in [6.45, 7) is 0. The highest BCUT2D eigenvalue weighted by Gasteiger charge is 2.16. The molecule has 0 saturated heterocycles. The van der Waals surface area contributed by atoms with Crippen LogP contribution < -0.4 is 10.1 Å². The molecule has 24 heavy (non-hydrogen) atoms. The molecule has 0 unspecified atom stereocenters. The Morgan fingerprint density at radius 3 is 2.50 bits per heavy atom. The highest BCUT2D eigenvalue weighted by atomic mass is 79.9. The summed E-state index contributed by atoms with van der Waals surface area (Å²) in [6.07, 6.45) is 1.28. The van der Waals surface area contributed by atoms with Crippen LogP contribution in [0.5, 0.6) is 11.6 Å². The standard InChI is InChI=1S/C17H11BrClN3O2/c18-13-9-5-4-8-12(13)16(23)22-15-14(19)17(21-10-20-15)24-11-6-2-1-3-7-11/h1-10H,(H,20,21,22,23). The maximum Gasteiger partial charge on any atom is 0.258 e. The second-order valence-corrected chi connectivity index (χ2v) is 5.92. The van der Waals surface area contributed by atoms with Gasteiger partial charge in [0.15, 0.2) is 5.82 Å². The number of amides is 1. The maximum absolute atomic E-state index is 12.4. The highest BCUT2D eigenvalue weighted by molar-refractivity contribution is 9.10. The molecule has 0 spiro atoms. The van der Waals surface area contributed by atoms with Gasteiger partial charge >= 0.3 is 0 Å². The van der Waals surface area contributed by atoms with Gasteiger partial charge < -0.3 is 10.1 Å². The molecule has 1 heterocycles. The molecule has 0 aliphatic rings. The van der Waals surface area contributed by atoms with Crippen LogP contribution in [0.25, 0.3) is 0 Å². The number of aromatic nitrogens is 2. The van der Waals surface area contributed by atoms with Crippen molar-refractivity contribution in [3.63, 3.8) is 0 Å². The molecule has 0 atom stereocenters. The molecule has 1 N–H and O–H groups in total. The quantitative estimate of drug-likeness (QED) is 0.669. The van der Waals surface area contributed by atoms with E-state index in [9.17, 15) is 4.79 Å². The lowest BCUT2D eigenvalue weighted by Crippen LogP contribution is -2.14. The summed E-state index contributed by atoms with van der Waals surface area (Å²) in [4.78, 5) is 20.4. The molecule has 0 radical (unpaired) electrons. The van der Waals surface area contributed by atoms with Crippen molar-refractivity contribution in [2.75, 3.05) is 5.32 Å². The van der Waals surface area contributed by atoms with Gasteiger partial charge in [-0.1, -0.05) is 41.9 Å². The Hall–Kier alpha value is -2.44. The van der Waals surface area contributed by atoms with Gasteiger partial charge in [-0.25, -0.2) is 4.98 Å². The van der Waals surface area contributed by atoms with Gasteiger partial charge in [-0.2, -0.15) is 4.98 Å². The third-order valence-electron chi connectivity index (χ3n) is 3.07. The monoisotopic (exact) mass is 403 g/mol. The first-order valence-corrected chi connectivity index (χ1v) is 8.11. The number of anilines is 1. The van der Waals surface area contributed by atoms with E-state index < -0.39 is 0 Å². The molecule has 0 saturated carbocycles. The van der Waals surface area contributed by atoms with Crippen LogP contribution in [-0.4, -0.2) is 15.9 Å². The van der Waals surface area contributed by atoms with Crippen molar-refractivity contribution in [1.29, 1.82) is 0 Å². The van der Waals surface area contributed by atoms with Gasteiger partial charge in [0, 0.05) is 4.47 Å². The highest BCUT2D eigenvalue weighted by Crippen LogP contribution is 2.31. The van der Waals surface area contributed by atoms with E-state index in [2.05, 4.69) is 31.2 Å². The Morgan fingerprint density at radius 1 is 1.04 bits per heavy atom. The van der Waals surface area contributed by atoms with E-state index in [1.165, 1.54) is 6.33 Å². The molecule has 0 bridgehead atoms. The van der Waals surface area contributed by atoms with Crippen molar-refractivity contribution in [3.05, 3.63) is 76.0 Å². The number of carbonyl (C=O) groups excluding carboxylic acids is 1.